The van der Waals surface area contributed by atoms with E-state index in [1.54, 1.807) is 24.3 Å². The van der Waals surface area contributed by atoms with E-state index in [1.807, 2.05) is 30.3 Å². The van der Waals surface area contributed by atoms with Gasteiger partial charge in [0.25, 0.3) is 0 Å². The largest absolute Gasteiger partial charge is 0.387 e. The molecule has 0 bridgehead atoms. The van der Waals surface area contributed by atoms with Crippen LogP contribution in [-0.2, 0) is 10.2 Å². The number of hydrogen-bond acceptors (Lipinski definition) is 2. The molecule has 0 amide bonds. The summed E-state index contributed by atoms with van der Waals surface area (Å²) in [5.41, 5.74) is -0.0914. The number of aliphatic hydroxyl groups excluding tert-OH is 1. The predicted octanol–water partition coefficient (Wildman–Crippen LogP) is 2.00. The van der Waals surface area contributed by atoms with Crippen LogP contribution in [0.4, 0.5) is 0 Å². The first kappa shape index (κ1) is 10.8. The molecule has 1 aliphatic rings. The van der Waals surface area contributed by atoms with Crippen molar-refractivity contribution in [3.05, 3.63) is 60.2 Å². The summed E-state index contributed by atoms with van der Waals surface area (Å²) in [5.74, 6) is -0.0493. The molecule has 0 aromatic heterocycles. The molecule has 82 valence electrons. The van der Waals surface area contributed by atoms with Gasteiger partial charge in [0.05, 0.1) is 6.10 Å². The second kappa shape index (κ2) is 4.06. The van der Waals surface area contributed by atoms with E-state index in [1.165, 1.54) is 6.92 Å². The van der Waals surface area contributed by atoms with Gasteiger partial charge in [-0.25, -0.2) is 0 Å². The second-order valence-electron chi connectivity index (χ2n) is 3.98. The molecule has 0 radical (unpaired) electrons. The van der Waals surface area contributed by atoms with E-state index in [4.69, 9.17) is 0 Å². The Morgan fingerprint density at radius 2 is 1.94 bits per heavy atom. The summed E-state index contributed by atoms with van der Waals surface area (Å²) < 4.78 is 0. The molecular formula is C14H14O2. The molecule has 2 rings (SSSR count). The Balaban J connectivity index is 2.57. The maximum atomic E-state index is 11.9. The lowest BCUT2D eigenvalue weighted by Gasteiger charge is -2.33. The summed E-state index contributed by atoms with van der Waals surface area (Å²) in [4.78, 5) is 11.9. The van der Waals surface area contributed by atoms with Crippen molar-refractivity contribution in [1.29, 1.82) is 0 Å². The average molecular weight is 214 g/mol. The molecule has 1 aliphatic carbocycles. The molecule has 2 nitrogen and oxygen atoms in total. The fourth-order valence-electron chi connectivity index (χ4n) is 2.14. The Kier molecular flexibility index (Phi) is 2.75. The number of Topliss-reactive ketones (excluding diaryl/α,β-unsaturated/α-hetero) is 1. The van der Waals surface area contributed by atoms with Gasteiger partial charge in [-0.15, -0.1) is 0 Å². The zero-order valence-electron chi connectivity index (χ0n) is 9.13. The van der Waals surface area contributed by atoms with Crippen molar-refractivity contribution in [2.75, 3.05) is 0 Å². The van der Waals surface area contributed by atoms with Crippen LogP contribution in [0.1, 0.15) is 12.5 Å². The van der Waals surface area contributed by atoms with Gasteiger partial charge in [-0.3, -0.25) is 4.79 Å². The average Bonchev–Trinajstić information content (AvgIpc) is 2.30. The quantitative estimate of drug-likeness (QED) is 0.817. The van der Waals surface area contributed by atoms with Crippen molar-refractivity contribution in [2.24, 2.45) is 0 Å². The number of rotatable bonds is 2. The van der Waals surface area contributed by atoms with E-state index in [2.05, 4.69) is 0 Å². The van der Waals surface area contributed by atoms with Crippen molar-refractivity contribution in [3.8, 4) is 0 Å². The van der Waals surface area contributed by atoms with Crippen LogP contribution in [-0.4, -0.2) is 17.0 Å². The minimum Gasteiger partial charge on any atom is -0.387 e. The number of ketones is 1. The van der Waals surface area contributed by atoms with E-state index >= 15 is 0 Å². The molecule has 2 heteroatoms. The minimum atomic E-state index is -0.921. The first-order valence-corrected chi connectivity index (χ1v) is 5.28. The highest BCUT2D eigenvalue weighted by atomic mass is 16.3. The zero-order valence-corrected chi connectivity index (χ0v) is 9.13. The maximum absolute atomic E-state index is 11.9. The molecule has 0 heterocycles. The van der Waals surface area contributed by atoms with Gasteiger partial charge < -0.3 is 5.11 Å². The summed E-state index contributed by atoms with van der Waals surface area (Å²) in [6.07, 6.45) is 6.19. The summed E-state index contributed by atoms with van der Waals surface area (Å²) in [7, 11) is 0. The molecule has 0 aliphatic heterocycles. The lowest BCUT2D eigenvalue weighted by atomic mass is 9.71. The van der Waals surface area contributed by atoms with E-state index in [-0.39, 0.29) is 5.78 Å². The van der Waals surface area contributed by atoms with Crippen molar-refractivity contribution < 1.29 is 9.90 Å². The summed E-state index contributed by atoms with van der Waals surface area (Å²) in [6, 6.07) is 9.38. The molecular weight excluding hydrogens is 200 g/mol. The fraction of sp³-hybridized carbons (Fsp3) is 0.214. The van der Waals surface area contributed by atoms with Gasteiger partial charge >= 0.3 is 0 Å². The Bertz CT molecular complexity index is 445. The third-order valence-electron chi connectivity index (χ3n) is 3.06. The van der Waals surface area contributed by atoms with Gasteiger partial charge in [0.1, 0.15) is 11.2 Å². The Morgan fingerprint density at radius 1 is 1.25 bits per heavy atom. The third kappa shape index (κ3) is 1.51. The van der Waals surface area contributed by atoms with Crippen LogP contribution in [0.5, 0.6) is 0 Å². The number of aliphatic hydroxyl groups is 1. The second-order valence-corrected chi connectivity index (χ2v) is 3.98. The molecule has 1 aromatic rings. The van der Waals surface area contributed by atoms with Crippen LogP contribution in [0.25, 0.3) is 0 Å². The number of hydrogen-bond donors (Lipinski definition) is 1. The highest BCUT2D eigenvalue weighted by Crippen LogP contribution is 2.33. The van der Waals surface area contributed by atoms with Crippen molar-refractivity contribution in [3.63, 3.8) is 0 Å². The Morgan fingerprint density at radius 3 is 2.50 bits per heavy atom. The van der Waals surface area contributed by atoms with E-state index in [0.29, 0.717) is 0 Å². The normalized spacial score (nSPS) is 28.0. The Hall–Kier alpha value is -1.67. The molecule has 16 heavy (non-hydrogen) atoms. The number of benzene rings is 1. The minimum absolute atomic E-state index is 0.0493. The van der Waals surface area contributed by atoms with E-state index in [9.17, 15) is 9.90 Å². The predicted molar refractivity (Wildman–Crippen MR) is 63.1 cm³/mol. The van der Waals surface area contributed by atoms with Gasteiger partial charge in [-0.05, 0) is 12.5 Å². The first-order valence-electron chi connectivity index (χ1n) is 5.28. The summed E-state index contributed by atoms with van der Waals surface area (Å²) in [6.45, 7) is 1.51. The van der Waals surface area contributed by atoms with Crippen LogP contribution in [0.3, 0.4) is 0 Å². The van der Waals surface area contributed by atoms with E-state index in [0.717, 1.165) is 5.56 Å². The molecule has 2 unspecified atom stereocenters. The van der Waals surface area contributed by atoms with Crippen LogP contribution >= 0.6 is 0 Å². The molecule has 1 aromatic carbocycles. The SMILES string of the molecule is CC(=O)C1(c2ccccc2)C=CC=CC1O. The van der Waals surface area contributed by atoms with Crippen LogP contribution in [0.2, 0.25) is 0 Å². The molecule has 0 saturated heterocycles. The van der Waals surface area contributed by atoms with Gasteiger partial charge in [-0.2, -0.15) is 0 Å². The van der Waals surface area contributed by atoms with Crippen molar-refractivity contribution in [2.45, 2.75) is 18.4 Å². The van der Waals surface area contributed by atoms with E-state index < -0.39 is 11.5 Å². The molecule has 0 spiro atoms. The van der Waals surface area contributed by atoms with Crippen molar-refractivity contribution in [1.82, 2.24) is 0 Å². The topological polar surface area (TPSA) is 37.3 Å². The lowest BCUT2D eigenvalue weighted by Crippen LogP contribution is -2.44. The first-order chi connectivity index (χ1) is 7.68. The van der Waals surface area contributed by atoms with Crippen LogP contribution < -0.4 is 0 Å². The van der Waals surface area contributed by atoms with Gasteiger partial charge in [0.15, 0.2) is 0 Å². The summed E-state index contributed by atoms with van der Waals surface area (Å²) in [5, 5.41) is 10.1. The van der Waals surface area contributed by atoms with Gasteiger partial charge in [-0.1, -0.05) is 54.6 Å². The monoisotopic (exact) mass is 214 g/mol. The van der Waals surface area contributed by atoms with Gasteiger partial charge in [0.2, 0.25) is 0 Å². The molecule has 2 atom stereocenters. The van der Waals surface area contributed by atoms with Crippen molar-refractivity contribution >= 4 is 5.78 Å². The van der Waals surface area contributed by atoms with Crippen LogP contribution in [0.15, 0.2) is 54.6 Å². The number of carbonyl (C=O) groups excluding carboxylic acids is 1. The summed E-state index contributed by atoms with van der Waals surface area (Å²) >= 11 is 0. The highest BCUT2D eigenvalue weighted by Gasteiger charge is 2.41. The molecule has 0 fully saturated rings. The smallest absolute Gasteiger partial charge is 0.147 e. The maximum Gasteiger partial charge on any atom is 0.147 e. The Labute approximate surface area is 94.9 Å². The standard InChI is InChI=1S/C14H14O2/c1-11(15)14(10-6-5-9-13(14)16)12-7-3-2-4-8-12/h2-10,13,16H,1H3. The lowest BCUT2D eigenvalue weighted by molar-refractivity contribution is -0.123. The zero-order chi connectivity index (χ0) is 11.6. The highest BCUT2D eigenvalue weighted by molar-refractivity contribution is 5.92. The van der Waals surface area contributed by atoms with Gasteiger partial charge in [0, 0.05) is 0 Å². The molecule has 1 N–H and O–H groups in total. The van der Waals surface area contributed by atoms with Crippen LogP contribution in [0, 0.1) is 0 Å². The molecule has 0 saturated carbocycles. The number of carbonyl (C=O) groups is 1. The number of allylic oxidation sites excluding steroid dienone is 2. The third-order valence-corrected chi connectivity index (χ3v) is 3.06. The fourth-order valence-corrected chi connectivity index (χ4v) is 2.14.